The zero-order chi connectivity index (χ0) is 11.5. The first-order valence-corrected chi connectivity index (χ1v) is 5.10. The predicted octanol–water partition coefficient (Wildman–Crippen LogP) is 2.17. The smallest absolute Gasteiger partial charge is 0.120 e. The number of rotatable bonds is 4. The third-order valence-corrected chi connectivity index (χ3v) is 2.32. The molecule has 0 bridgehead atoms. The Labute approximate surface area is 95.0 Å². The van der Waals surface area contributed by atoms with Crippen molar-refractivity contribution in [1.29, 1.82) is 0 Å². The van der Waals surface area contributed by atoms with Crippen molar-refractivity contribution in [2.45, 2.75) is 26.1 Å². The molecule has 0 aliphatic carbocycles. The normalized spacial score (nSPS) is 11.5. The van der Waals surface area contributed by atoms with Crippen molar-refractivity contribution >= 4 is 11.6 Å². The van der Waals surface area contributed by atoms with E-state index in [0.29, 0.717) is 11.6 Å². The van der Waals surface area contributed by atoms with Gasteiger partial charge in [0.15, 0.2) is 0 Å². The van der Waals surface area contributed by atoms with Crippen LogP contribution < -0.4 is 10.1 Å². The van der Waals surface area contributed by atoms with Crippen molar-refractivity contribution in [3.8, 4) is 5.75 Å². The van der Waals surface area contributed by atoms with Crippen LogP contribution in [0, 0.1) is 0 Å². The van der Waals surface area contributed by atoms with E-state index in [-0.39, 0.29) is 0 Å². The monoisotopic (exact) mass is 229 g/mol. The Morgan fingerprint density at radius 2 is 2.13 bits per heavy atom. The number of aliphatic hydroxyl groups is 1. The summed E-state index contributed by atoms with van der Waals surface area (Å²) >= 11 is 6.04. The number of methoxy groups -OCH3 is 1. The topological polar surface area (TPSA) is 41.5 Å². The molecule has 0 fully saturated rings. The van der Waals surface area contributed by atoms with Crippen molar-refractivity contribution in [2.24, 2.45) is 0 Å². The Hall–Kier alpha value is -0.770. The standard InChI is InChI=1S/C11H16ClNO2/c1-11(2,14)13-7-8-4-5-9(15-3)6-10(8)12/h4-6,13-14H,7H2,1-3H3. The molecule has 0 atom stereocenters. The van der Waals surface area contributed by atoms with Crippen LogP contribution in [0.1, 0.15) is 19.4 Å². The Kier molecular flexibility index (Phi) is 3.97. The molecule has 84 valence electrons. The first-order chi connectivity index (χ1) is 6.92. The highest BCUT2D eigenvalue weighted by Crippen LogP contribution is 2.22. The van der Waals surface area contributed by atoms with E-state index in [1.165, 1.54) is 0 Å². The van der Waals surface area contributed by atoms with Gasteiger partial charge in [0.05, 0.1) is 7.11 Å². The fourth-order valence-corrected chi connectivity index (χ4v) is 1.35. The molecule has 1 aromatic rings. The molecule has 3 nitrogen and oxygen atoms in total. The third kappa shape index (κ3) is 4.08. The first-order valence-electron chi connectivity index (χ1n) is 4.72. The van der Waals surface area contributed by atoms with Gasteiger partial charge in [-0.1, -0.05) is 17.7 Å². The summed E-state index contributed by atoms with van der Waals surface area (Å²) in [6.45, 7) is 3.89. The molecular formula is C11H16ClNO2. The molecule has 0 amide bonds. The summed E-state index contributed by atoms with van der Waals surface area (Å²) in [5.41, 5.74) is 0.0306. The van der Waals surface area contributed by atoms with E-state index >= 15 is 0 Å². The molecule has 4 heteroatoms. The van der Waals surface area contributed by atoms with Gasteiger partial charge in [-0.3, -0.25) is 5.32 Å². The van der Waals surface area contributed by atoms with Crippen LogP contribution in [-0.4, -0.2) is 17.9 Å². The number of nitrogens with one attached hydrogen (secondary N) is 1. The van der Waals surface area contributed by atoms with E-state index in [1.807, 2.05) is 12.1 Å². The Morgan fingerprint density at radius 3 is 2.60 bits per heavy atom. The summed E-state index contributed by atoms with van der Waals surface area (Å²) in [6.07, 6.45) is 0. The average Bonchev–Trinajstić information content (AvgIpc) is 2.14. The second kappa shape index (κ2) is 4.84. The van der Waals surface area contributed by atoms with Gasteiger partial charge in [0.1, 0.15) is 11.5 Å². The lowest BCUT2D eigenvalue weighted by atomic mass is 10.2. The predicted molar refractivity (Wildman–Crippen MR) is 61.1 cm³/mol. The van der Waals surface area contributed by atoms with Gasteiger partial charge in [0.25, 0.3) is 0 Å². The minimum Gasteiger partial charge on any atom is -0.497 e. The van der Waals surface area contributed by atoms with Gasteiger partial charge in [-0.15, -0.1) is 0 Å². The Morgan fingerprint density at radius 1 is 1.47 bits per heavy atom. The second-order valence-electron chi connectivity index (χ2n) is 3.87. The Bertz CT molecular complexity index is 334. The van der Waals surface area contributed by atoms with Crippen LogP contribution in [0.5, 0.6) is 5.75 Å². The molecule has 0 aliphatic heterocycles. The fourth-order valence-electron chi connectivity index (χ4n) is 1.11. The highest BCUT2D eigenvalue weighted by atomic mass is 35.5. The zero-order valence-electron chi connectivity index (χ0n) is 9.17. The average molecular weight is 230 g/mol. The molecule has 1 rings (SSSR count). The van der Waals surface area contributed by atoms with E-state index in [1.54, 1.807) is 27.0 Å². The molecule has 0 saturated heterocycles. The van der Waals surface area contributed by atoms with Gasteiger partial charge in [-0.2, -0.15) is 0 Å². The maximum Gasteiger partial charge on any atom is 0.120 e. The summed E-state index contributed by atoms with van der Waals surface area (Å²) < 4.78 is 5.04. The SMILES string of the molecule is COc1ccc(CNC(C)(C)O)c(Cl)c1. The van der Waals surface area contributed by atoms with Crippen molar-refractivity contribution in [1.82, 2.24) is 5.32 Å². The van der Waals surface area contributed by atoms with Crippen molar-refractivity contribution in [3.63, 3.8) is 0 Å². The zero-order valence-corrected chi connectivity index (χ0v) is 9.93. The molecule has 1 aromatic carbocycles. The van der Waals surface area contributed by atoms with Crippen LogP contribution in [0.3, 0.4) is 0 Å². The largest absolute Gasteiger partial charge is 0.497 e. The van der Waals surface area contributed by atoms with Gasteiger partial charge in [0, 0.05) is 11.6 Å². The minimum atomic E-state index is -0.900. The van der Waals surface area contributed by atoms with Crippen molar-refractivity contribution in [3.05, 3.63) is 28.8 Å². The fraction of sp³-hybridized carbons (Fsp3) is 0.455. The van der Waals surface area contributed by atoms with Crippen LogP contribution in [0.2, 0.25) is 5.02 Å². The molecule has 0 unspecified atom stereocenters. The summed E-state index contributed by atoms with van der Waals surface area (Å²) in [5, 5.41) is 13.1. The van der Waals surface area contributed by atoms with Gasteiger partial charge in [0.2, 0.25) is 0 Å². The van der Waals surface area contributed by atoms with Gasteiger partial charge in [-0.25, -0.2) is 0 Å². The summed E-state index contributed by atoms with van der Waals surface area (Å²) in [7, 11) is 1.60. The molecule has 0 radical (unpaired) electrons. The van der Waals surface area contributed by atoms with E-state index in [0.717, 1.165) is 11.3 Å². The van der Waals surface area contributed by atoms with E-state index in [9.17, 15) is 5.11 Å². The number of hydrogen-bond acceptors (Lipinski definition) is 3. The quantitative estimate of drug-likeness (QED) is 0.778. The van der Waals surface area contributed by atoms with Crippen LogP contribution >= 0.6 is 11.6 Å². The van der Waals surface area contributed by atoms with E-state index in [2.05, 4.69) is 5.32 Å². The maximum atomic E-state index is 9.49. The highest BCUT2D eigenvalue weighted by molar-refractivity contribution is 6.31. The third-order valence-electron chi connectivity index (χ3n) is 1.97. The lowest BCUT2D eigenvalue weighted by Gasteiger charge is -2.19. The number of ether oxygens (including phenoxy) is 1. The second-order valence-corrected chi connectivity index (χ2v) is 4.28. The summed E-state index contributed by atoms with van der Waals surface area (Å²) in [5.74, 6) is 0.729. The molecule has 0 spiro atoms. The number of benzene rings is 1. The molecular weight excluding hydrogens is 214 g/mol. The minimum absolute atomic E-state index is 0.520. The van der Waals surface area contributed by atoms with Gasteiger partial charge in [-0.05, 0) is 31.5 Å². The van der Waals surface area contributed by atoms with Crippen LogP contribution in [0.15, 0.2) is 18.2 Å². The number of hydrogen-bond donors (Lipinski definition) is 2. The lowest BCUT2D eigenvalue weighted by Crippen LogP contribution is -2.38. The van der Waals surface area contributed by atoms with E-state index in [4.69, 9.17) is 16.3 Å². The summed E-state index contributed by atoms with van der Waals surface area (Å²) in [4.78, 5) is 0. The highest BCUT2D eigenvalue weighted by Gasteiger charge is 2.11. The van der Waals surface area contributed by atoms with Gasteiger partial charge < -0.3 is 9.84 Å². The Balaban J connectivity index is 2.70. The first kappa shape index (κ1) is 12.3. The molecule has 15 heavy (non-hydrogen) atoms. The molecule has 0 aliphatic rings. The number of halogens is 1. The van der Waals surface area contributed by atoms with E-state index < -0.39 is 5.72 Å². The van der Waals surface area contributed by atoms with Crippen molar-refractivity contribution < 1.29 is 9.84 Å². The van der Waals surface area contributed by atoms with Gasteiger partial charge >= 0.3 is 0 Å². The maximum absolute atomic E-state index is 9.49. The molecule has 0 heterocycles. The molecule has 0 saturated carbocycles. The molecule has 0 aromatic heterocycles. The lowest BCUT2D eigenvalue weighted by molar-refractivity contribution is 0.0417. The van der Waals surface area contributed by atoms with Crippen LogP contribution in [-0.2, 0) is 6.54 Å². The van der Waals surface area contributed by atoms with Crippen LogP contribution in [0.4, 0.5) is 0 Å². The summed E-state index contributed by atoms with van der Waals surface area (Å²) in [6, 6.07) is 5.47. The van der Waals surface area contributed by atoms with Crippen molar-refractivity contribution in [2.75, 3.05) is 7.11 Å². The molecule has 2 N–H and O–H groups in total. The van der Waals surface area contributed by atoms with Crippen LogP contribution in [0.25, 0.3) is 0 Å².